The van der Waals surface area contributed by atoms with Gasteiger partial charge in [0.2, 0.25) is 0 Å². The van der Waals surface area contributed by atoms with Crippen LogP contribution in [-0.2, 0) is 6.42 Å². The molecular weight excluding hydrogens is 395 g/mol. The van der Waals surface area contributed by atoms with Gasteiger partial charge in [0.25, 0.3) is 0 Å². The van der Waals surface area contributed by atoms with Crippen molar-refractivity contribution in [1.82, 2.24) is 5.32 Å². The maximum absolute atomic E-state index is 13.9. The third-order valence-corrected chi connectivity index (χ3v) is 4.29. The third-order valence-electron chi connectivity index (χ3n) is 3.13. The number of likely N-dealkylation sites (N-methyl/N-ethyl adjacent to an activating group) is 1. The fourth-order valence-electron chi connectivity index (χ4n) is 2.06. The smallest absolute Gasteiger partial charge is 0.127 e. The Morgan fingerprint density at radius 2 is 1.95 bits per heavy atom. The fraction of sp³-hybridized carbons (Fsp3) is 0.200. The average molecular weight is 408 g/mol. The fourth-order valence-corrected chi connectivity index (χ4v) is 3.07. The molecule has 1 atom stereocenters. The lowest BCUT2D eigenvalue weighted by Crippen LogP contribution is -2.20. The molecule has 2 aromatic carbocycles. The summed E-state index contributed by atoms with van der Waals surface area (Å²) in [6.45, 7) is 0. The minimum absolute atomic E-state index is 0.0850. The van der Waals surface area contributed by atoms with E-state index in [-0.39, 0.29) is 17.7 Å². The summed E-state index contributed by atoms with van der Waals surface area (Å²) in [7, 11) is 1.80. The van der Waals surface area contributed by atoms with Crippen molar-refractivity contribution in [2.45, 2.75) is 12.5 Å². The normalized spacial score (nSPS) is 12.4. The van der Waals surface area contributed by atoms with Crippen LogP contribution < -0.4 is 5.32 Å². The van der Waals surface area contributed by atoms with E-state index in [1.807, 2.05) is 0 Å². The molecule has 1 unspecified atom stereocenters. The molecule has 0 radical (unpaired) electrons. The van der Waals surface area contributed by atoms with Gasteiger partial charge >= 0.3 is 0 Å². The lowest BCUT2D eigenvalue weighted by molar-refractivity contribution is 0.550. The first kappa shape index (κ1) is 15.7. The van der Waals surface area contributed by atoms with Crippen LogP contribution in [0.5, 0.6) is 0 Å². The van der Waals surface area contributed by atoms with Gasteiger partial charge in [0.1, 0.15) is 11.6 Å². The van der Waals surface area contributed by atoms with E-state index in [1.165, 1.54) is 18.2 Å². The zero-order valence-electron chi connectivity index (χ0n) is 10.8. The van der Waals surface area contributed by atoms with E-state index >= 15 is 0 Å². The Kier molecular flexibility index (Phi) is 5.35. The maximum Gasteiger partial charge on any atom is 0.127 e. The molecule has 106 valence electrons. The summed E-state index contributed by atoms with van der Waals surface area (Å²) in [5.41, 5.74) is 1.53. The van der Waals surface area contributed by atoms with Crippen LogP contribution in [0.25, 0.3) is 0 Å². The van der Waals surface area contributed by atoms with Crippen molar-refractivity contribution in [3.8, 4) is 0 Å². The van der Waals surface area contributed by atoms with Gasteiger partial charge in [-0.3, -0.25) is 0 Å². The van der Waals surface area contributed by atoms with Crippen LogP contribution >= 0.6 is 34.2 Å². The van der Waals surface area contributed by atoms with Crippen LogP contribution in [0.2, 0.25) is 5.02 Å². The van der Waals surface area contributed by atoms with Crippen LogP contribution in [0.15, 0.2) is 36.4 Å². The molecule has 0 aromatic heterocycles. The molecule has 0 amide bonds. The van der Waals surface area contributed by atoms with Crippen LogP contribution in [0, 0.1) is 15.2 Å². The zero-order valence-corrected chi connectivity index (χ0v) is 13.7. The van der Waals surface area contributed by atoms with E-state index in [1.54, 1.807) is 25.2 Å². The van der Waals surface area contributed by atoms with Crippen LogP contribution in [-0.4, -0.2) is 7.05 Å². The summed E-state index contributed by atoms with van der Waals surface area (Å²) < 4.78 is 27.8. The number of hydrogen-bond acceptors (Lipinski definition) is 1. The number of nitrogens with one attached hydrogen (secondary N) is 1. The highest BCUT2D eigenvalue weighted by molar-refractivity contribution is 14.1. The first-order valence-corrected chi connectivity index (χ1v) is 7.53. The Bertz CT molecular complexity index is 619. The lowest BCUT2D eigenvalue weighted by Gasteiger charge is -2.19. The molecule has 0 aliphatic heterocycles. The van der Waals surface area contributed by atoms with E-state index in [0.717, 1.165) is 9.13 Å². The Labute approximate surface area is 135 Å². The standard InChI is InChI=1S/C15H13ClF2IN/c1-20-15(12-5-4-11(17)8-14(12)19)6-9-2-3-10(16)7-13(9)18/h2-5,7-8,15,20H,6H2,1H3. The summed E-state index contributed by atoms with van der Waals surface area (Å²) in [4.78, 5) is 0. The molecule has 0 saturated carbocycles. The first-order chi connectivity index (χ1) is 9.51. The topological polar surface area (TPSA) is 12.0 Å². The van der Waals surface area contributed by atoms with Gasteiger partial charge in [-0.1, -0.05) is 23.7 Å². The summed E-state index contributed by atoms with van der Waals surface area (Å²) in [5.74, 6) is -0.597. The van der Waals surface area contributed by atoms with Gasteiger partial charge in [-0.2, -0.15) is 0 Å². The van der Waals surface area contributed by atoms with E-state index in [9.17, 15) is 8.78 Å². The lowest BCUT2D eigenvalue weighted by atomic mass is 9.98. The summed E-state index contributed by atoms with van der Waals surface area (Å²) in [6, 6.07) is 9.18. The predicted octanol–water partition coefficient (Wildman–Crippen LogP) is 4.73. The number of benzene rings is 2. The van der Waals surface area contributed by atoms with Crippen molar-refractivity contribution in [3.63, 3.8) is 0 Å². The molecule has 0 spiro atoms. The SMILES string of the molecule is CNC(Cc1ccc(Cl)cc1F)c1ccc(F)cc1I. The van der Waals surface area contributed by atoms with Crippen molar-refractivity contribution in [2.24, 2.45) is 0 Å². The van der Waals surface area contributed by atoms with E-state index in [0.29, 0.717) is 17.0 Å². The quantitative estimate of drug-likeness (QED) is 0.723. The van der Waals surface area contributed by atoms with Crippen molar-refractivity contribution >= 4 is 34.2 Å². The van der Waals surface area contributed by atoms with Crippen LogP contribution in [0.4, 0.5) is 8.78 Å². The van der Waals surface area contributed by atoms with Gasteiger partial charge in [0.05, 0.1) is 0 Å². The molecule has 2 aromatic rings. The van der Waals surface area contributed by atoms with Crippen molar-refractivity contribution in [3.05, 3.63) is 67.8 Å². The van der Waals surface area contributed by atoms with Gasteiger partial charge in [0, 0.05) is 14.6 Å². The Balaban J connectivity index is 2.28. The monoisotopic (exact) mass is 407 g/mol. The average Bonchev–Trinajstić information content (AvgIpc) is 2.39. The molecule has 0 heterocycles. The Hall–Kier alpha value is -0.720. The maximum atomic E-state index is 13.9. The highest BCUT2D eigenvalue weighted by atomic mass is 127. The summed E-state index contributed by atoms with van der Waals surface area (Å²) in [6.07, 6.45) is 0.473. The van der Waals surface area contributed by atoms with Gasteiger partial charge in [0.15, 0.2) is 0 Å². The van der Waals surface area contributed by atoms with Crippen molar-refractivity contribution in [1.29, 1.82) is 0 Å². The molecule has 20 heavy (non-hydrogen) atoms. The highest BCUT2D eigenvalue weighted by Gasteiger charge is 2.16. The van der Waals surface area contributed by atoms with E-state index in [4.69, 9.17) is 11.6 Å². The predicted molar refractivity (Wildman–Crippen MR) is 86.0 cm³/mol. The van der Waals surface area contributed by atoms with Gasteiger partial charge in [-0.15, -0.1) is 0 Å². The third kappa shape index (κ3) is 3.68. The first-order valence-electron chi connectivity index (χ1n) is 6.07. The summed E-state index contributed by atoms with van der Waals surface area (Å²) in [5, 5.41) is 3.52. The Morgan fingerprint density at radius 3 is 2.55 bits per heavy atom. The molecule has 0 saturated heterocycles. The molecule has 0 fully saturated rings. The van der Waals surface area contributed by atoms with Gasteiger partial charge < -0.3 is 5.32 Å². The van der Waals surface area contributed by atoms with Crippen LogP contribution in [0.3, 0.4) is 0 Å². The second-order valence-corrected chi connectivity index (χ2v) is 6.05. The second kappa shape index (κ2) is 6.83. The number of rotatable bonds is 4. The molecule has 0 bridgehead atoms. The molecule has 1 N–H and O–H groups in total. The Morgan fingerprint density at radius 1 is 1.20 bits per heavy atom. The molecular formula is C15H13ClF2IN. The minimum atomic E-state index is -0.324. The zero-order chi connectivity index (χ0) is 14.7. The van der Waals surface area contributed by atoms with Crippen molar-refractivity contribution < 1.29 is 8.78 Å². The van der Waals surface area contributed by atoms with E-state index < -0.39 is 0 Å². The minimum Gasteiger partial charge on any atom is -0.313 e. The molecule has 2 rings (SSSR count). The largest absolute Gasteiger partial charge is 0.313 e. The molecule has 0 aliphatic rings. The van der Waals surface area contributed by atoms with Crippen LogP contribution in [0.1, 0.15) is 17.2 Å². The highest BCUT2D eigenvalue weighted by Crippen LogP contribution is 2.26. The van der Waals surface area contributed by atoms with Crippen molar-refractivity contribution in [2.75, 3.05) is 7.05 Å². The molecule has 1 nitrogen and oxygen atoms in total. The number of halogens is 4. The van der Waals surface area contributed by atoms with Gasteiger partial charge in [-0.25, -0.2) is 8.78 Å². The number of hydrogen-bond donors (Lipinski definition) is 1. The van der Waals surface area contributed by atoms with Gasteiger partial charge in [-0.05, 0) is 71.5 Å². The molecule has 5 heteroatoms. The second-order valence-electron chi connectivity index (χ2n) is 4.45. The molecule has 0 aliphatic carbocycles. The van der Waals surface area contributed by atoms with E-state index in [2.05, 4.69) is 27.9 Å². The summed E-state index contributed by atoms with van der Waals surface area (Å²) >= 11 is 7.83.